The van der Waals surface area contributed by atoms with Gasteiger partial charge in [0.1, 0.15) is 6.26 Å². The number of benzene rings is 1. The number of rotatable bonds is 2. The SMILES string of the molecule is c1ccc(-c2n[nH]c(-c3ccon3)n2)cc1. The van der Waals surface area contributed by atoms with Gasteiger partial charge in [0, 0.05) is 11.6 Å². The lowest BCUT2D eigenvalue weighted by Crippen LogP contribution is -1.80. The van der Waals surface area contributed by atoms with E-state index in [1.807, 2.05) is 30.3 Å². The molecule has 78 valence electrons. The van der Waals surface area contributed by atoms with Crippen LogP contribution in [0.4, 0.5) is 0 Å². The molecule has 0 radical (unpaired) electrons. The molecule has 0 bridgehead atoms. The Morgan fingerprint density at radius 2 is 1.94 bits per heavy atom. The second kappa shape index (κ2) is 3.62. The van der Waals surface area contributed by atoms with Crippen LogP contribution in [-0.4, -0.2) is 20.3 Å². The molecule has 0 spiro atoms. The van der Waals surface area contributed by atoms with Crippen molar-refractivity contribution in [2.24, 2.45) is 0 Å². The van der Waals surface area contributed by atoms with Gasteiger partial charge in [-0.1, -0.05) is 35.5 Å². The number of nitrogens with one attached hydrogen (secondary N) is 1. The monoisotopic (exact) mass is 212 g/mol. The van der Waals surface area contributed by atoms with Gasteiger partial charge in [-0.3, -0.25) is 5.10 Å². The zero-order valence-electron chi connectivity index (χ0n) is 8.29. The Kier molecular flexibility index (Phi) is 2.00. The Bertz CT molecular complexity index is 571. The van der Waals surface area contributed by atoms with Crippen LogP contribution in [0.25, 0.3) is 22.9 Å². The number of hydrogen-bond donors (Lipinski definition) is 1. The van der Waals surface area contributed by atoms with Gasteiger partial charge in [0.25, 0.3) is 0 Å². The summed E-state index contributed by atoms with van der Waals surface area (Å²) in [6.07, 6.45) is 1.50. The summed E-state index contributed by atoms with van der Waals surface area (Å²) in [4.78, 5) is 4.33. The van der Waals surface area contributed by atoms with E-state index in [1.54, 1.807) is 6.07 Å². The Morgan fingerprint density at radius 3 is 2.69 bits per heavy atom. The first-order valence-electron chi connectivity index (χ1n) is 4.82. The minimum atomic E-state index is 0.604. The Balaban J connectivity index is 2.00. The summed E-state index contributed by atoms with van der Waals surface area (Å²) in [5.74, 6) is 1.26. The van der Waals surface area contributed by atoms with Crippen LogP contribution in [0.1, 0.15) is 0 Å². The summed E-state index contributed by atoms with van der Waals surface area (Å²) in [6, 6.07) is 11.5. The molecule has 2 heterocycles. The molecule has 0 saturated heterocycles. The van der Waals surface area contributed by atoms with E-state index >= 15 is 0 Å². The van der Waals surface area contributed by atoms with E-state index in [4.69, 9.17) is 4.52 Å². The molecular weight excluding hydrogens is 204 g/mol. The molecule has 1 N–H and O–H groups in total. The highest BCUT2D eigenvalue weighted by Crippen LogP contribution is 2.17. The molecule has 3 rings (SSSR count). The summed E-state index contributed by atoms with van der Waals surface area (Å²) in [6.45, 7) is 0. The molecule has 0 aliphatic heterocycles. The molecule has 0 saturated carbocycles. The fourth-order valence-electron chi connectivity index (χ4n) is 1.43. The van der Waals surface area contributed by atoms with Gasteiger partial charge in [-0.2, -0.15) is 5.10 Å². The largest absolute Gasteiger partial charge is 0.364 e. The summed E-state index contributed by atoms with van der Waals surface area (Å²) in [5, 5.41) is 10.7. The number of H-pyrrole nitrogens is 1. The lowest BCUT2D eigenvalue weighted by molar-refractivity contribution is 0.422. The molecule has 5 heteroatoms. The summed E-state index contributed by atoms with van der Waals surface area (Å²) < 4.78 is 4.75. The van der Waals surface area contributed by atoms with Gasteiger partial charge in [0.2, 0.25) is 0 Å². The molecular formula is C11H8N4O. The van der Waals surface area contributed by atoms with Crippen LogP contribution in [0, 0.1) is 0 Å². The highest BCUT2D eigenvalue weighted by Gasteiger charge is 2.08. The van der Waals surface area contributed by atoms with E-state index < -0.39 is 0 Å². The summed E-state index contributed by atoms with van der Waals surface area (Å²) >= 11 is 0. The molecule has 2 aromatic heterocycles. The van der Waals surface area contributed by atoms with Crippen LogP contribution in [0.5, 0.6) is 0 Å². The van der Waals surface area contributed by atoms with Crippen LogP contribution in [0.2, 0.25) is 0 Å². The van der Waals surface area contributed by atoms with Crippen LogP contribution >= 0.6 is 0 Å². The highest BCUT2D eigenvalue weighted by molar-refractivity contribution is 5.58. The van der Waals surface area contributed by atoms with E-state index in [1.165, 1.54) is 6.26 Å². The van der Waals surface area contributed by atoms with Crippen LogP contribution < -0.4 is 0 Å². The summed E-state index contributed by atoms with van der Waals surface area (Å²) in [7, 11) is 0. The minimum absolute atomic E-state index is 0.604. The first-order valence-corrected chi connectivity index (χ1v) is 4.82. The highest BCUT2D eigenvalue weighted by atomic mass is 16.5. The normalized spacial score (nSPS) is 10.5. The summed E-state index contributed by atoms with van der Waals surface area (Å²) in [5.41, 5.74) is 1.61. The van der Waals surface area contributed by atoms with Crippen molar-refractivity contribution in [2.45, 2.75) is 0 Å². The van der Waals surface area contributed by atoms with Crippen molar-refractivity contribution in [1.82, 2.24) is 20.3 Å². The Hall–Kier alpha value is -2.43. The molecule has 0 fully saturated rings. The minimum Gasteiger partial charge on any atom is -0.364 e. The zero-order valence-corrected chi connectivity index (χ0v) is 8.29. The quantitative estimate of drug-likeness (QED) is 0.706. The van der Waals surface area contributed by atoms with Crippen molar-refractivity contribution in [3.8, 4) is 22.9 Å². The first-order chi connectivity index (χ1) is 7.93. The lowest BCUT2D eigenvalue weighted by Gasteiger charge is -1.91. The van der Waals surface area contributed by atoms with Gasteiger partial charge in [-0.25, -0.2) is 4.98 Å². The second-order valence-electron chi connectivity index (χ2n) is 3.26. The van der Waals surface area contributed by atoms with Crippen molar-refractivity contribution in [1.29, 1.82) is 0 Å². The fourth-order valence-corrected chi connectivity index (χ4v) is 1.43. The van der Waals surface area contributed by atoms with Crippen molar-refractivity contribution in [3.05, 3.63) is 42.7 Å². The van der Waals surface area contributed by atoms with Gasteiger partial charge in [-0.15, -0.1) is 0 Å². The molecule has 3 aromatic rings. The molecule has 0 amide bonds. The van der Waals surface area contributed by atoms with Gasteiger partial charge in [0.05, 0.1) is 0 Å². The van der Waals surface area contributed by atoms with Crippen molar-refractivity contribution < 1.29 is 4.52 Å². The van der Waals surface area contributed by atoms with Crippen molar-refractivity contribution in [3.63, 3.8) is 0 Å². The fraction of sp³-hybridized carbons (Fsp3) is 0. The lowest BCUT2D eigenvalue weighted by atomic mass is 10.2. The molecule has 0 atom stereocenters. The molecule has 5 nitrogen and oxygen atoms in total. The smallest absolute Gasteiger partial charge is 0.181 e. The molecule has 1 aromatic carbocycles. The van der Waals surface area contributed by atoms with Gasteiger partial charge >= 0.3 is 0 Å². The van der Waals surface area contributed by atoms with Crippen LogP contribution in [0.15, 0.2) is 47.2 Å². The third-order valence-corrected chi connectivity index (χ3v) is 2.20. The standard InChI is InChI=1S/C11H8N4O/c1-2-4-8(5-3-1)10-12-11(14-13-10)9-6-7-16-15-9/h1-7H,(H,12,13,14). The molecule has 0 aliphatic rings. The van der Waals surface area contributed by atoms with E-state index in [0.29, 0.717) is 17.3 Å². The average molecular weight is 212 g/mol. The second-order valence-corrected chi connectivity index (χ2v) is 3.26. The predicted octanol–water partition coefficient (Wildman–Crippen LogP) is 2.13. The van der Waals surface area contributed by atoms with E-state index in [2.05, 4.69) is 20.3 Å². The topological polar surface area (TPSA) is 67.6 Å². The zero-order chi connectivity index (χ0) is 10.8. The van der Waals surface area contributed by atoms with E-state index in [9.17, 15) is 0 Å². The van der Waals surface area contributed by atoms with Crippen LogP contribution in [0.3, 0.4) is 0 Å². The van der Waals surface area contributed by atoms with E-state index in [0.717, 1.165) is 5.56 Å². The molecule has 0 aliphatic carbocycles. The van der Waals surface area contributed by atoms with Gasteiger partial charge < -0.3 is 4.52 Å². The predicted molar refractivity (Wildman–Crippen MR) is 57.3 cm³/mol. The third kappa shape index (κ3) is 1.48. The number of nitrogens with zero attached hydrogens (tertiary/aromatic N) is 3. The molecule has 0 unspecified atom stereocenters. The average Bonchev–Trinajstić information content (AvgIpc) is 3.01. The maximum Gasteiger partial charge on any atom is 0.181 e. The van der Waals surface area contributed by atoms with Crippen molar-refractivity contribution in [2.75, 3.05) is 0 Å². The number of aromatic nitrogens is 4. The number of hydrogen-bond acceptors (Lipinski definition) is 4. The van der Waals surface area contributed by atoms with Crippen molar-refractivity contribution >= 4 is 0 Å². The van der Waals surface area contributed by atoms with Crippen LogP contribution in [-0.2, 0) is 0 Å². The maximum absolute atomic E-state index is 4.75. The maximum atomic E-state index is 4.75. The Morgan fingerprint density at radius 1 is 1.06 bits per heavy atom. The number of aromatic amines is 1. The van der Waals surface area contributed by atoms with Gasteiger partial charge in [-0.05, 0) is 0 Å². The van der Waals surface area contributed by atoms with E-state index in [-0.39, 0.29) is 0 Å². The van der Waals surface area contributed by atoms with Gasteiger partial charge in [0.15, 0.2) is 17.3 Å². The Labute approximate surface area is 91.1 Å². The third-order valence-electron chi connectivity index (χ3n) is 2.20. The molecule has 16 heavy (non-hydrogen) atoms. The first kappa shape index (κ1) is 8.84.